The summed E-state index contributed by atoms with van der Waals surface area (Å²) in [6, 6.07) is 15.4. The number of benzene rings is 2. The highest BCUT2D eigenvalue weighted by molar-refractivity contribution is 14.1. The Balaban J connectivity index is 1.79. The molecule has 3 rings (SSSR count). The van der Waals surface area contributed by atoms with Crippen LogP contribution in [0.5, 0.6) is 0 Å². The maximum absolute atomic E-state index is 12.0. The van der Waals surface area contributed by atoms with Crippen LogP contribution >= 0.6 is 22.6 Å². The van der Waals surface area contributed by atoms with Crippen molar-refractivity contribution in [1.29, 1.82) is 0 Å². The number of carbonyl (C=O) groups excluding carboxylic acids is 1. The van der Waals surface area contributed by atoms with Gasteiger partial charge in [0.15, 0.2) is 0 Å². The fourth-order valence-electron chi connectivity index (χ4n) is 2.31. The Morgan fingerprint density at radius 2 is 2.05 bits per heavy atom. The van der Waals surface area contributed by atoms with Gasteiger partial charge < -0.3 is 4.98 Å². The van der Waals surface area contributed by atoms with Gasteiger partial charge in [0.05, 0.1) is 6.21 Å². The Kier molecular flexibility index (Phi) is 4.24. The summed E-state index contributed by atoms with van der Waals surface area (Å²) in [6.07, 6.45) is 1.68. The summed E-state index contributed by atoms with van der Waals surface area (Å²) < 4.78 is 1.02. The summed E-state index contributed by atoms with van der Waals surface area (Å²) in [6.45, 7) is 1.99. The number of carbonyl (C=O) groups is 1. The normalized spacial score (nSPS) is 11.2. The summed E-state index contributed by atoms with van der Waals surface area (Å²) in [4.78, 5) is 15.3. The number of hydrazone groups is 1. The summed E-state index contributed by atoms with van der Waals surface area (Å²) in [7, 11) is 0. The largest absolute Gasteiger partial charge is 0.358 e. The van der Waals surface area contributed by atoms with Crippen molar-refractivity contribution in [3.8, 4) is 0 Å². The third-order valence-corrected chi connectivity index (χ3v) is 4.06. The molecular weight excluding hydrogens is 389 g/mol. The molecule has 4 nitrogen and oxygen atoms in total. The molecule has 0 bridgehead atoms. The average molecular weight is 403 g/mol. The molecule has 5 heteroatoms. The number of aryl methyl sites for hydroxylation is 1. The van der Waals surface area contributed by atoms with Crippen molar-refractivity contribution in [2.45, 2.75) is 6.92 Å². The molecule has 0 saturated carbocycles. The van der Waals surface area contributed by atoms with E-state index in [9.17, 15) is 4.79 Å². The van der Waals surface area contributed by atoms with Crippen LogP contribution in [0.1, 0.15) is 21.6 Å². The van der Waals surface area contributed by atoms with Crippen molar-refractivity contribution in [3.63, 3.8) is 0 Å². The van der Waals surface area contributed by atoms with E-state index in [2.05, 4.69) is 38.1 Å². The Labute approximate surface area is 141 Å². The van der Waals surface area contributed by atoms with Gasteiger partial charge >= 0.3 is 0 Å². The lowest BCUT2D eigenvalue weighted by Gasteiger charge is -2.00. The molecule has 0 saturated heterocycles. The van der Waals surface area contributed by atoms with Gasteiger partial charge in [0.1, 0.15) is 0 Å². The Morgan fingerprint density at radius 3 is 2.86 bits per heavy atom. The lowest BCUT2D eigenvalue weighted by atomic mass is 10.1. The molecule has 2 aromatic carbocycles. The maximum atomic E-state index is 12.0. The monoisotopic (exact) mass is 403 g/mol. The van der Waals surface area contributed by atoms with E-state index < -0.39 is 0 Å². The van der Waals surface area contributed by atoms with Crippen LogP contribution in [0.4, 0.5) is 0 Å². The number of halogens is 1. The van der Waals surface area contributed by atoms with Gasteiger partial charge in [0.25, 0.3) is 5.91 Å². The van der Waals surface area contributed by atoms with Gasteiger partial charge in [-0.1, -0.05) is 24.3 Å². The fraction of sp³-hybridized carbons (Fsp3) is 0.0588. The second-order valence-corrected chi connectivity index (χ2v) is 6.16. The van der Waals surface area contributed by atoms with Gasteiger partial charge in [-0.05, 0) is 53.8 Å². The van der Waals surface area contributed by atoms with Crippen molar-refractivity contribution in [3.05, 3.63) is 68.9 Å². The van der Waals surface area contributed by atoms with Gasteiger partial charge in [-0.3, -0.25) is 4.79 Å². The molecule has 110 valence electrons. The first kappa shape index (κ1) is 14.8. The molecule has 2 N–H and O–H groups in total. The number of hydrogen-bond acceptors (Lipinski definition) is 2. The SMILES string of the molecule is Cc1[nH]c2ccccc2c1/C=N/NC(=O)c1cccc(I)c1. The van der Waals surface area contributed by atoms with Gasteiger partial charge in [-0.25, -0.2) is 5.43 Å². The number of para-hydroxylation sites is 1. The van der Waals surface area contributed by atoms with E-state index in [4.69, 9.17) is 0 Å². The summed E-state index contributed by atoms with van der Waals surface area (Å²) in [5.41, 5.74) is 6.23. The van der Waals surface area contributed by atoms with E-state index in [0.29, 0.717) is 5.56 Å². The van der Waals surface area contributed by atoms with Crippen LogP contribution in [0.3, 0.4) is 0 Å². The van der Waals surface area contributed by atoms with E-state index in [1.165, 1.54) is 0 Å². The van der Waals surface area contributed by atoms with Crippen LogP contribution in [0.2, 0.25) is 0 Å². The van der Waals surface area contributed by atoms with E-state index in [1.54, 1.807) is 12.3 Å². The molecule has 0 atom stereocenters. The van der Waals surface area contributed by atoms with Gasteiger partial charge in [-0.15, -0.1) is 0 Å². The Hall–Kier alpha value is -2.15. The molecule has 1 aromatic heterocycles. The molecule has 3 aromatic rings. The molecule has 0 fully saturated rings. The lowest BCUT2D eigenvalue weighted by Crippen LogP contribution is -2.17. The van der Waals surface area contributed by atoms with Crippen molar-refractivity contribution < 1.29 is 4.79 Å². The first-order valence-electron chi connectivity index (χ1n) is 6.81. The van der Waals surface area contributed by atoms with E-state index >= 15 is 0 Å². The maximum Gasteiger partial charge on any atom is 0.271 e. The number of H-pyrrole nitrogens is 1. The Morgan fingerprint density at radius 1 is 1.23 bits per heavy atom. The molecule has 1 heterocycles. The van der Waals surface area contributed by atoms with Crippen LogP contribution in [-0.4, -0.2) is 17.1 Å². The molecule has 22 heavy (non-hydrogen) atoms. The van der Waals surface area contributed by atoms with Crippen LogP contribution < -0.4 is 5.43 Å². The van der Waals surface area contributed by atoms with Gasteiger partial charge in [0.2, 0.25) is 0 Å². The van der Waals surface area contributed by atoms with Crippen LogP contribution in [-0.2, 0) is 0 Å². The minimum absolute atomic E-state index is 0.215. The fourth-order valence-corrected chi connectivity index (χ4v) is 2.86. The molecule has 0 unspecified atom stereocenters. The predicted octanol–water partition coefficient (Wildman–Crippen LogP) is 3.84. The number of amides is 1. The number of fused-ring (bicyclic) bond motifs is 1. The molecule has 0 aliphatic rings. The number of rotatable bonds is 3. The standard InChI is InChI=1S/C17H14IN3O/c1-11-15(14-7-2-3-8-16(14)20-11)10-19-21-17(22)12-5-4-6-13(18)9-12/h2-10,20H,1H3,(H,21,22)/b19-10+. The summed E-state index contributed by atoms with van der Waals surface area (Å²) in [5, 5.41) is 5.17. The molecule has 1 amide bonds. The van der Waals surface area contributed by atoms with Crippen LogP contribution in [0.25, 0.3) is 10.9 Å². The Bertz CT molecular complexity index is 867. The first-order chi connectivity index (χ1) is 10.6. The van der Waals surface area contributed by atoms with E-state index in [1.807, 2.05) is 49.4 Å². The highest BCUT2D eigenvalue weighted by atomic mass is 127. The number of aromatic amines is 1. The minimum atomic E-state index is -0.215. The van der Waals surface area contributed by atoms with Gasteiger partial charge in [0, 0.05) is 31.3 Å². The van der Waals surface area contributed by atoms with Crippen LogP contribution in [0.15, 0.2) is 53.6 Å². The molecular formula is C17H14IN3O. The van der Waals surface area contributed by atoms with Crippen molar-refractivity contribution in [1.82, 2.24) is 10.4 Å². The van der Waals surface area contributed by atoms with Gasteiger partial charge in [-0.2, -0.15) is 5.10 Å². The topological polar surface area (TPSA) is 57.2 Å². The molecule has 0 aliphatic carbocycles. The third kappa shape index (κ3) is 3.04. The zero-order valence-electron chi connectivity index (χ0n) is 11.9. The van der Waals surface area contributed by atoms with Crippen molar-refractivity contribution >= 4 is 45.6 Å². The molecule has 0 spiro atoms. The summed E-state index contributed by atoms with van der Waals surface area (Å²) >= 11 is 2.18. The number of hydrogen-bond donors (Lipinski definition) is 2. The average Bonchev–Trinajstić information content (AvgIpc) is 2.83. The smallest absolute Gasteiger partial charge is 0.271 e. The molecule has 0 radical (unpaired) electrons. The number of nitrogens with one attached hydrogen (secondary N) is 2. The van der Waals surface area contributed by atoms with E-state index in [-0.39, 0.29) is 5.91 Å². The second kappa shape index (κ2) is 6.31. The zero-order chi connectivity index (χ0) is 15.5. The second-order valence-electron chi connectivity index (χ2n) is 4.92. The highest BCUT2D eigenvalue weighted by Crippen LogP contribution is 2.19. The summed E-state index contributed by atoms with van der Waals surface area (Å²) in [5.74, 6) is -0.215. The number of aromatic nitrogens is 1. The minimum Gasteiger partial charge on any atom is -0.358 e. The lowest BCUT2D eigenvalue weighted by molar-refractivity contribution is 0.0955. The quantitative estimate of drug-likeness (QED) is 0.390. The zero-order valence-corrected chi connectivity index (χ0v) is 14.1. The number of nitrogens with zero attached hydrogens (tertiary/aromatic N) is 1. The molecule has 0 aliphatic heterocycles. The van der Waals surface area contributed by atoms with Crippen LogP contribution in [0, 0.1) is 10.5 Å². The predicted molar refractivity (Wildman–Crippen MR) is 97.3 cm³/mol. The van der Waals surface area contributed by atoms with Crippen molar-refractivity contribution in [2.75, 3.05) is 0 Å². The third-order valence-electron chi connectivity index (χ3n) is 3.39. The van der Waals surface area contributed by atoms with E-state index in [0.717, 1.165) is 25.7 Å². The first-order valence-corrected chi connectivity index (χ1v) is 7.89. The highest BCUT2D eigenvalue weighted by Gasteiger charge is 2.06. The van der Waals surface area contributed by atoms with Crippen molar-refractivity contribution in [2.24, 2.45) is 5.10 Å².